The van der Waals surface area contributed by atoms with Gasteiger partial charge in [0.05, 0.1) is 11.4 Å². The topological polar surface area (TPSA) is 20.3 Å². The van der Waals surface area contributed by atoms with E-state index < -0.39 is 0 Å². The largest absolute Gasteiger partial charge is 0.292 e. The van der Waals surface area contributed by atoms with E-state index in [2.05, 4.69) is 18.7 Å². The predicted octanol–water partition coefficient (Wildman–Crippen LogP) is 3.07. The van der Waals surface area contributed by atoms with Gasteiger partial charge in [0.25, 0.3) is 0 Å². The summed E-state index contributed by atoms with van der Waals surface area (Å²) >= 11 is 3.61. The minimum absolute atomic E-state index is 0.272. The van der Waals surface area contributed by atoms with Crippen LogP contribution in [0.25, 0.3) is 0 Å². The molecule has 0 amide bonds. The third kappa shape index (κ3) is 3.12. The second kappa shape index (κ2) is 5.55. The lowest BCUT2D eigenvalue weighted by Crippen LogP contribution is -2.46. The number of thioether (sulfide) groups is 1. The van der Waals surface area contributed by atoms with Gasteiger partial charge >= 0.3 is 0 Å². The summed E-state index contributed by atoms with van der Waals surface area (Å²) in [6, 6.07) is 4.48. The molecule has 2 atom stereocenters. The first-order chi connectivity index (χ1) is 8.08. The number of Topliss-reactive ketones (excluding diaryl/α,β-unsaturated/α-hetero) is 1. The van der Waals surface area contributed by atoms with Crippen LogP contribution in [-0.4, -0.2) is 40.8 Å². The van der Waals surface area contributed by atoms with Gasteiger partial charge in [-0.3, -0.25) is 9.69 Å². The first-order valence-electron chi connectivity index (χ1n) is 6.03. The van der Waals surface area contributed by atoms with Gasteiger partial charge in [-0.15, -0.1) is 11.3 Å². The molecule has 2 nitrogen and oxygen atoms in total. The van der Waals surface area contributed by atoms with E-state index in [9.17, 15) is 4.79 Å². The molecule has 2 unspecified atom stereocenters. The molecule has 0 aromatic carbocycles. The number of ketones is 1. The molecule has 2 heterocycles. The van der Waals surface area contributed by atoms with E-state index in [1.165, 1.54) is 4.88 Å². The normalized spacial score (nSPS) is 26.1. The maximum atomic E-state index is 12.1. The van der Waals surface area contributed by atoms with E-state index >= 15 is 0 Å². The summed E-state index contributed by atoms with van der Waals surface area (Å²) in [4.78, 5) is 16.6. The van der Waals surface area contributed by atoms with Gasteiger partial charge < -0.3 is 0 Å². The predicted molar refractivity (Wildman–Crippen MR) is 76.3 cm³/mol. The maximum Gasteiger partial charge on any atom is 0.186 e. The van der Waals surface area contributed by atoms with Crippen molar-refractivity contribution in [2.75, 3.05) is 18.8 Å². The highest BCUT2D eigenvalue weighted by molar-refractivity contribution is 8.00. The molecule has 0 saturated carbocycles. The average molecular weight is 269 g/mol. The molecule has 0 spiro atoms. The molecular weight excluding hydrogens is 250 g/mol. The Labute approximate surface area is 111 Å². The number of hydrogen-bond donors (Lipinski definition) is 0. The fraction of sp³-hybridized carbons (Fsp3) is 0.615. The second-order valence-corrected chi connectivity index (χ2v) is 7.39. The SMILES string of the molecule is Cc1ccc(C(=O)CN2CCSC(C)C2C)s1. The van der Waals surface area contributed by atoms with Crippen molar-refractivity contribution in [2.24, 2.45) is 0 Å². The molecule has 0 aliphatic carbocycles. The summed E-state index contributed by atoms with van der Waals surface area (Å²) < 4.78 is 0. The quantitative estimate of drug-likeness (QED) is 0.787. The molecule has 1 aliphatic heterocycles. The Hall–Kier alpha value is -0.320. The first-order valence-corrected chi connectivity index (χ1v) is 7.89. The van der Waals surface area contributed by atoms with E-state index in [-0.39, 0.29) is 5.78 Å². The number of nitrogens with zero attached hydrogens (tertiary/aromatic N) is 1. The smallest absolute Gasteiger partial charge is 0.186 e. The molecule has 0 bridgehead atoms. The van der Waals surface area contributed by atoms with Crippen molar-refractivity contribution in [1.82, 2.24) is 4.90 Å². The van der Waals surface area contributed by atoms with E-state index in [0.29, 0.717) is 17.8 Å². The van der Waals surface area contributed by atoms with Crippen LogP contribution in [0.1, 0.15) is 28.4 Å². The van der Waals surface area contributed by atoms with Crippen LogP contribution in [0, 0.1) is 6.92 Å². The van der Waals surface area contributed by atoms with Crippen molar-refractivity contribution >= 4 is 28.9 Å². The average Bonchev–Trinajstić information content (AvgIpc) is 2.72. The lowest BCUT2D eigenvalue weighted by atomic mass is 10.2. The fourth-order valence-corrected chi connectivity index (χ4v) is 4.03. The zero-order valence-corrected chi connectivity index (χ0v) is 12.2. The number of thiophene rings is 1. The lowest BCUT2D eigenvalue weighted by molar-refractivity contribution is 0.0906. The van der Waals surface area contributed by atoms with Crippen LogP contribution in [-0.2, 0) is 0 Å². The molecule has 0 radical (unpaired) electrons. The van der Waals surface area contributed by atoms with Crippen LogP contribution in [0.2, 0.25) is 0 Å². The van der Waals surface area contributed by atoms with Gasteiger partial charge in [0.2, 0.25) is 0 Å². The number of carbonyl (C=O) groups is 1. The van der Waals surface area contributed by atoms with Crippen LogP contribution in [0.5, 0.6) is 0 Å². The van der Waals surface area contributed by atoms with Crippen molar-refractivity contribution in [3.8, 4) is 0 Å². The Morgan fingerprint density at radius 2 is 2.24 bits per heavy atom. The van der Waals surface area contributed by atoms with Gasteiger partial charge in [0.1, 0.15) is 0 Å². The molecule has 1 aromatic heterocycles. The zero-order valence-electron chi connectivity index (χ0n) is 10.6. The van der Waals surface area contributed by atoms with Crippen LogP contribution in [0.4, 0.5) is 0 Å². The standard InChI is InChI=1S/C13H19NOS2/c1-9-4-5-13(17-9)12(15)8-14-6-7-16-11(3)10(14)2/h4-5,10-11H,6-8H2,1-3H3. The number of carbonyl (C=O) groups excluding carboxylic acids is 1. The Morgan fingerprint density at radius 1 is 1.47 bits per heavy atom. The molecule has 1 saturated heterocycles. The summed E-state index contributed by atoms with van der Waals surface area (Å²) in [5.74, 6) is 1.41. The first kappa shape index (κ1) is 13.1. The fourth-order valence-electron chi connectivity index (χ4n) is 2.07. The molecule has 0 N–H and O–H groups in total. The van der Waals surface area contributed by atoms with E-state index in [1.807, 2.05) is 30.8 Å². The highest BCUT2D eigenvalue weighted by atomic mass is 32.2. The number of rotatable bonds is 3. The van der Waals surface area contributed by atoms with Crippen LogP contribution >= 0.6 is 23.1 Å². The van der Waals surface area contributed by atoms with Crippen molar-refractivity contribution in [1.29, 1.82) is 0 Å². The van der Waals surface area contributed by atoms with Crippen LogP contribution in [0.15, 0.2) is 12.1 Å². The third-order valence-electron chi connectivity index (χ3n) is 3.38. The summed E-state index contributed by atoms with van der Waals surface area (Å²) in [5.41, 5.74) is 0. The summed E-state index contributed by atoms with van der Waals surface area (Å²) in [5, 5.41) is 0.627. The molecule has 94 valence electrons. The summed E-state index contributed by atoms with van der Waals surface area (Å²) in [6.07, 6.45) is 0. The zero-order chi connectivity index (χ0) is 12.4. The minimum Gasteiger partial charge on any atom is -0.292 e. The Bertz CT molecular complexity index is 402. The van der Waals surface area contributed by atoms with E-state index in [4.69, 9.17) is 0 Å². The molecule has 4 heteroatoms. The number of aryl methyl sites for hydroxylation is 1. The molecule has 17 heavy (non-hydrogen) atoms. The lowest BCUT2D eigenvalue weighted by Gasteiger charge is -2.36. The van der Waals surface area contributed by atoms with Gasteiger partial charge in [0, 0.05) is 28.5 Å². The van der Waals surface area contributed by atoms with Gasteiger partial charge in [-0.2, -0.15) is 11.8 Å². The Morgan fingerprint density at radius 3 is 2.88 bits per heavy atom. The molecule has 1 aliphatic rings. The van der Waals surface area contributed by atoms with Crippen molar-refractivity contribution < 1.29 is 4.79 Å². The van der Waals surface area contributed by atoms with Crippen molar-refractivity contribution in [2.45, 2.75) is 32.1 Å². The number of hydrogen-bond acceptors (Lipinski definition) is 4. The second-order valence-electron chi connectivity index (χ2n) is 4.62. The highest BCUT2D eigenvalue weighted by Gasteiger charge is 2.27. The van der Waals surface area contributed by atoms with Crippen molar-refractivity contribution in [3.05, 3.63) is 21.9 Å². The van der Waals surface area contributed by atoms with Gasteiger partial charge in [-0.05, 0) is 26.0 Å². The maximum absolute atomic E-state index is 12.1. The van der Waals surface area contributed by atoms with Gasteiger partial charge in [-0.25, -0.2) is 0 Å². The summed E-state index contributed by atoms with van der Waals surface area (Å²) in [7, 11) is 0. The highest BCUT2D eigenvalue weighted by Crippen LogP contribution is 2.25. The van der Waals surface area contributed by atoms with Gasteiger partial charge in [-0.1, -0.05) is 6.92 Å². The van der Waals surface area contributed by atoms with Crippen LogP contribution in [0.3, 0.4) is 0 Å². The van der Waals surface area contributed by atoms with Crippen molar-refractivity contribution in [3.63, 3.8) is 0 Å². The molecule has 1 fully saturated rings. The Kier molecular flexibility index (Phi) is 4.28. The summed E-state index contributed by atoms with van der Waals surface area (Å²) in [6.45, 7) is 8.13. The third-order valence-corrected chi connectivity index (χ3v) is 5.76. The Balaban J connectivity index is 1.98. The van der Waals surface area contributed by atoms with Crippen LogP contribution < -0.4 is 0 Å². The molecule has 1 aromatic rings. The molecular formula is C13H19NOS2. The monoisotopic (exact) mass is 269 g/mol. The van der Waals surface area contributed by atoms with E-state index in [0.717, 1.165) is 17.2 Å². The molecule has 2 rings (SSSR count). The van der Waals surface area contributed by atoms with E-state index in [1.54, 1.807) is 11.3 Å². The minimum atomic E-state index is 0.272. The van der Waals surface area contributed by atoms with Gasteiger partial charge in [0.15, 0.2) is 5.78 Å².